The number of rotatable bonds is 5. The van der Waals surface area contributed by atoms with E-state index in [1.807, 2.05) is 6.20 Å². The third kappa shape index (κ3) is 3.65. The van der Waals surface area contributed by atoms with Crippen molar-refractivity contribution in [1.29, 1.82) is 0 Å². The van der Waals surface area contributed by atoms with Crippen molar-refractivity contribution in [3.63, 3.8) is 0 Å². The number of nitrogens with one attached hydrogen (secondary N) is 2. The lowest BCUT2D eigenvalue weighted by Crippen LogP contribution is -2.17. The van der Waals surface area contributed by atoms with Gasteiger partial charge in [-0.25, -0.2) is 9.97 Å². The lowest BCUT2D eigenvalue weighted by Gasteiger charge is -2.14. The second kappa shape index (κ2) is 5.63. The molecule has 2 aromatic rings. The Balaban J connectivity index is 1.75. The van der Waals surface area contributed by atoms with E-state index < -0.39 is 0 Å². The summed E-state index contributed by atoms with van der Waals surface area (Å²) in [6.45, 7) is 8.30. The fraction of sp³-hybridized carbons (Fsp3) is 0.538. The highest BCUT2D eigenvalue weighted by Crippen LogP contribution is 2.23. The molecule has 0 atom stereocenters. The molecule has 0 radical (unpaired) electrons. The van der Waals surface area contributed by atoms with Crippen molar-refractivity contribution in [3.8, 4) is 0 Å². The maximum absolute atomic E-state index is 4.67. The van der Waals surface area contributed by atoms with Crippen LogP contribution in [0.5, 0.6) is 0 Å². The fourth-order valence-corrected chi connectivity index (χ4v) is 2.59. The molecule has 2 aromatic heterocycles. The van der Waals surface area contributed by atoms with Crippen LogP contribution in [0.4, 0.5) is 0 Å². The van der Waals surface area contributed by atoms with Gasteiger partial charge in [0.2, 0.25) is 0 Å². The monoisotopic (exact) mass is 264 g/mol. The molecule has 0 amide bonds. The number of imidazole rings is 1. The van der Waals surface area contributed by atoms with E-state index in [2.05, 4.69) is 46.4 Å². The summed E-state index contributed by atoms with van der Waals surface area (Å²) in [6.07, 6.45) is 4.59. The Bertz CT molecular complexity index is 467. The first-order valence-electron chi connectivity index (χ1n) is 6.19. The van der Waals surface area contributed by atoms with E-state index in [1.54, 1.807) is 17.5 Å². The lowest BCUT2D eigenvalue weighted by atomic mass is 9.93. The van der Waals surface area contributed by atoms with Crippen LogP contribution in [0.2, 0.25) is 0 Å². The van der Waals surface area contributed by atoms with E-state index in [4.69, 9.17) is 0 Å². The van der Waals surface area contributed by atoms with E-state index in [0.717, 1.165) is 25.3 Å². The zero-order valence-corrected chi connectivity index (χ0v) is 12.0. The van der Waals surface area contributed by atoms with E-state index in [9.17, 15) is 0 Å². The van der Waals surface area contributed by atoms with Gasteiger partial charge < -0.3 is 10.3 Å². The van der Waals surface area contributed by atoms with Crippen LogP contribution in [0.1, 0.15) is 37.3 Å². The molecule has 0 saturated heterocycles. The van der Waals surface area contributed by atoms with Gasteiger partial charge in [-0.3, -0.25) is 0 Å². The molecular weight excluding hydrogens is 244 g/mol. The van der Waals surface area contributed by atoms with Crippen LogP contribution >= 0.6 is 11.3 Å². The fourth-order valence-electron chi connectivity index (χ4n) is 1.57. The second-order valence-corrected chi connectivity index (χ2v) is 6.28. The van der Waals surface area contributed by atoms with Crippen LogP contribution in [-0.2, 0) is 18.4 Å². The quantitative estimate of drug-likeness (QED) is 0.816. The predicted molar refractivity (Wildman–Crippen MR) is 74.8 cm³/mol. The normalized spacial score (nSPS) is 11.9. The molecule has 98 valence electrons. The molecule has 2 N–H and O–H groups in total. The van der Waals surface area contributed by atoms with Gasteiger partial charge >= 0.3 is 0 Å². The molecule has 2 rings (SSSR count). The van der Waals surface area contributed by atoms with Gasteiger partial charge in [0.25, 0.3) is 0 Å². The molecule has 5 heteroatoms. The summed E-state index contributed by atoms with van der Waals surface area (Å²) in [6, 6.07) is 0. The molecule has 0 spiro atoms. The Morgan fingerprint density at radius 3 is 2.83 bits per heavy atom. The molecule has 0 unspecified atom stereocenters. The number of aromatic amines is 1. The highest BCUT2D eigenvalue weighted by Gasteiger charge is 2.16. The van der Waals surface area contributed by atoms with Gasteiger partial charge in [0, 0.05) is 36.2 Å². The summed E-state index contributed by atoms with van der Waals surface area (Å²) in [5, 5.41) is 6.73. The Morgan fingerprint density at radius 2 is 2.22 bits per heavy atom. The first-order valence-corrected chi connectivity index (χ1v) is 7.07. The molecule has 0 aromatic carbocycles. The topological polar surface area (TPSA) is 53.6 Å². The van der Waals surface area contributed by atoms with E-state index in [1.165, 1.54) is 10.7 Å². The average molecular weight is 264 g/mol. The second-order valence-electron chi connectivity index (χ2n) is 5.34. The Hall–Kier alpha value is -1.20. The van der Waals surface area contributed by atoms with Crippen molar-refractivity contribution in [2.45, 2.75) is 39.2 Å². The zero-order chi connectivity index (χ0) is 13.0. The molecule has 0 bridgehead atoms. The van der Waals surface area contributed by atoms with E-state index >= 15 is 0 Å². The summed E-state index contributed by atoms with van der Waals surface area (Å²) in [7, 11) is 0. The van der Waals surface area contributed by atoms with Crippen molar-refractivity contribution in [2.24, 2.45) is 0 Å². The Labute approximate surface area is 112 Å². The van der Waals surface area contributed by atoms with Crippen LogP contribution in [0.25, 0.3) is 0 Å². The molecule has 2 heterocycles. The van der Waals surface area contributed by atoms with Gasteiger partial charge in [-0.1, -0.05) is 20.8 Å². The van der Waals surface area contributed by atoms with Crippen molar-refractivity contribution >= 4 is 11.3 Å². The van der Waals surface area contributed by atoms with Gasteiger partial charge in [-0.05, 0) is 0 Å². The Morgan fingerprint density at radius 1 is 1.39 bits per heavy atom. The summed E-state index contributed by atoms with van der Waals surface area (Å²) in [4.78, 5) is 11.9. The highest BCUT2D eigenvalue weighted by atomic mass is 32.1. The molecule has 0 aliphatic rings. The van der Waals surface area contributed by atoms with Crippen LogP contribution in [0.3, 0.4) is 0 Å². The van der Waals surface area contributed by atoms with Gasteiger partial charge in [0.1, 0.15) is 5.82 Å². The number of aromatic nitrogens is 3. The molecule has 0 aliphatic heterocycles. The maximum Gasteiger partial charge on any atom is 0.120 e. The number of nitrogens with zero attached hydrogens (tertiary/aromatic N) is 2. The van der Waals surface area contributed by atoms with Crippen molar-refractivity contribution in [2.75, 3.05) is 6.54 Å². The number of hydrogen-bond acceptors (Lipinski definition) is 4. The minimum absolute atomic E-state index is 0.149. The number of thiazole rings is 1. The molecule has 0 saturated carbocycles. The molecule has 4 nitrogen and oxygen atoms in total. The third-order valence-corrected chi connectivity index (χ3v) is 3.59. The first-order chi connectivity index (χ1) is 8.55. The third-order valence-electron chi connectivity index (χ3n) is 2.68. The molecular formula is C13H20N4S. The highest BCUT2D eigenvalue weighted by molar-refractivity contribution is 7.09. The van der Waals surface area contributed by atoms with Crippen LogP contribution in [0, 0.1) is 0 Å². The van der Waals surface area contributed by atoms with Crippen molar-refractivity contribution in [1.82, 2.24) is 20.3 Å². The smallest absolute Gasteiger partial charge is 0.120 e. The SMILES string of the molecule is CC(C)(C)c1csc(CCNCc2ncc[nH]2)n1. The van der Waals surface area contributed by atoms with Crippen LogP contribution in [0.15, 0.2) is 17.8 Å². The molecule has 18 heavy (non-hydrogen) atoms. The Kier molecular flexibility index (Phi) is 4.14. The zero-order valence-electron chi connectivity index (χ0n) is 11.2. The maximum atomic E-state index is 4.67. The summed E-state index contributed by atoms with van der Waals surface area (Å²) < 4.78 is 0. The number of H-pyrrole nitrogens is 1. The average Bonchev–Trinajstić information content (AvgIpc) is 2.95. The van der Waals surface area contributed by atoms with Crippen molar-refractivity contribution in [3.05, 3.63) is 34.3 Å². The minimum Gasteiger partial charge on any atom is -0.348 e. The van der Waals surface area contributed by atoms with Gasteiger partial charge in [0.15, 0.2) is 0 Å². The summed E-state index contributed by atoms with van der Waals surface area (Å²) >= 11 is 1.75. The van der Waals surface area contributed by atoms with E-state index in [0.29, 0.717) is 0 Å². The van der Waals surface area contributed by atoms with Gasteiger partial charge in [0.05, 0.1) is 17.2 Å². The summed E-state index contributed by atoms with van der Waals surface area (Å²) in [5.41, 5.74) is 1.34. The number of hydrogen-bond donors (Lipinski definition) is 2. The standard InChI is InChI=1S/C13H20N4S/c1-13(2,3)10-9-18-12(17-10)4-5-14-8-11-15-6-7-16-11/h6-7,9,14H,4-5,8H2,1-3H3,(H,15,16). The van der Waals surface area contributed by atoms with E-state index in [-0.39, 0.29) is 5.41 Å². The van der Waals surface area contributed by atoms with Crippen molar-refractivity contribution < 1.29 is 0 Å². The van der Waals surface area contributed by atoms with Crippen LogP contribution < -0.4 is 5.32 Å². The first kappa shape index (κ1) is 13.2. The lowest BCUT2D eigenvalue weighted by molar-refractivity contribution is 0.569. The largest absolute Gasteiger partial charge is 0.348 e. The van der Waals surface area contributed by atoms with Gasteiger partial charge in [-0.2, -0.15) is 0 Å². The van der Waals surface area contributed by atoms with Crippen LogP contribution in [-0.4, -0.2) is 21.5 Å². The molecule has 0 aliphatic carbocycles. The predicted octanol–water partition coefficient (Wildman–Crippen LogP) is 2.50. The van der Waals surface area contributed by atoms with Gasteiger partial charge in [-0.15, -0.1) is 11.3 Å². The summed E-state index contributed by atoms with van der Waals surface area (Å²) in [5.74, 6) is 0.976. The minimum atomic E-state index is 0.149. The molecule has 0 fully saturated rings.